The molecule has 2 rings (SSSR count). The van der Waals surface area contributed by atoms with Crippen molar-refractivity contribution < 1.29 is 19.7 Å². The fraction of sp³-hybridized carbons (Fsp3) is 0.350. The van der Waals surface area contributed by atoms with Gasteiger partial charge in [-0.1, -0.05) is 68.4 Å². The Balaban J connectivity index is 1.81. The van der Waals surface area contributed by atoms with E-state index in [1.54, 1.807) is 6.07 Å². The van der Waals surface area contributed by atoms with E-state index in [9.17, 15) is 15.0 Å². The van der Waals surface area contributed by atoms with Gasteiger partial charge < -0.3 is 20.3 Å². The van der Waals surface area contributed by atoms with E-state index in [2.05, 4.69) is 19.2 Å². The van der Waals surface area contributed by atoms with Crippen molar-refractivity contribution in [3.63, 3.8) is 0 Å². The van der Waals surface area contributed by atoms with Crippen molar-refractivity contribution in [3.05, 3.63) is 71.3 Å². The van der Waals surface area contributed by atoms with Gasteiger partial charge >= 0.3 is 6.09 Å². The number of nitrogens with one attached hydrogen (secondary N) is 1. The van der Waals surface area contributed by atoms with E-state index in [1.807, 2.05) is 48.5 Å². The number of hydrogen-bond donors (Lipinski definition) is 3. The number of rotatable bonds is 7. The maximum atomic E-state index is 11.7. The molecule has 0 aliphatic rings. The molecule has 0 aliphatic carbocycles. The molecule has 134 valence electrons. The van der Waals surface area contributed by atoms with Crippen molar-refractivity contribution in [2.24, 2.45) is 0 Å². The monoisotopic (exact) mass is 343 g/mol. The molecule has 2 atom stereocenters. The average molecular weight is 343 g/mol. The lowest BCUT2D eigenvalue weighted by Gasteiger charge is -2.19. The Morgan fingerprint density at radius 2 is 1.72 bits per heavy atom. The van der Waals surface area contributed by atoms with Crippen molar-refractivity contribution in [2.45, 2.75) is 38.6 Å². The second-order valence-electron chi connectivity index (χ2n) is 6.28. The SMILES string of the molecule is CC(C)c1cccc(C(O)C(O)CNC(=O)OCc2ccccc2)c1. The summed E-state index contributed by atoms with van der Waals surface area (Å²) in [7, 11) is 0. The number of carbonyl (C=O) groups excluding carboxylic acids is 1. The minimum absolute atomic E-state index is 0.0965. The summed E-state index contributed by atoms with van der Waals surface area (Å²) in [6.07, 6.45) is -2.83. The summed E-state index contributed by atoms with van der Waals surface area (Å²) in [5.41, 5.74) is 2.58. The van der Waals surface area contributed by atoms with Crippen molar-refractivity contribution in [2.75, 3.05) is 6.54 Å². The fourth-order valence-corrected chi connectivity index (χ4v) is 2.40. The molecule has 0 aromatic heterocycles. The summed E-state index contributed by atoms with van der Waals surface area (Å²) >= 11 is 0. The minimum atomic E-state index is -1.12. The smallest absolute Gasteiger partial charge is 0.407 e. The number of ether oxygens (including phenoxy) is 1. The van der Waals surface area contributed by atoms with E-state index in [0.717, 1.165) is 11.1 Å². The molecule has 0 saturated carbocycles. The molecule has 0 aliphatic heterocycles. The maximum absolute atomic E-state index is 11.7. The highest BCUT2D eigenvalue weighted by Gasteiger charge is 2.20. The summed E-state index contributed by atoms with van der Waals surface area (Å²) in [5.74, 6) is 0.329. The normalized spacial score (nSPS) is 13.3. The summed E-state index contributed by atoms with van der Waals surface area (Å²) in [5, 5.41) is 22.9. The first-order chi connectivity index (χ1) is 12.0. The van der Waals surface area contributed by atoms with E-state index in [-0.39, 0.29) is 13.2 Å². The maximum Gasteiger partial charge on any atom is 0.407 e. The van der Waals surface area contributed by atoms with Crippen LogP contribution in [0.1, 0.15) is 42.6 Å². The second-order valence-corrected chi connectivity index (χ2v) is 6.28. The van der Waals surface area contributed by atoms with Gasteiger partial charge in [-0.2, -0.15) is 0 Å². The molecule has 0 radical (unpaired) electrons. The van der Waals surface area contributed by atoms with Crippen LogP contribution in [-0.2, 0) is 11.3 Å². The molecule has 5 heteroatoms. The van der Waals surface area contributed by atoms with Crippen molar-refractivity contribution in [1.29, 1.82) is 0 Å². The van der Waals surface area contributed by atoms with E-state index in [4.69, 9.17) is 4.74 Å². The first-order valence-corrected chi connectivity index (χ1v) is 8.38. The lowest BCUT2D eigenvalue weighted by atomic mass is 9.97. The third kappa shape index (κ3) is 5.89. The summed E-state index contributed by atoms with van der Waals surface area (Å²) < 4.78 is 5.07. The summed E-state index contributed by atoms with van der Waals surface area (Å²) in [6.45, 7) is 4.18. The number of aliphatic hydroxyl groups excluding tert-OH is 2. The van der Waals surface area contributed by atoms with Crippen LogP contribution in [0.5, 0.6) is 0 Å². The molecule has 2 aromatic carbocycles. The van der Waals surface area contributed by atoms with Crippen LogP contribution < -0.4 is 5.32 Å². The highest BCUT2D eigenvalue weighted by atomic mass is 16.5. The van der Waals surface area contributed by atoms with Gasteiger partial charge in [-0.25, -0.2) is 4.79 Å². The quantitative estimate of drug-likeness (QED) is 0.722. The lowest BCUT2D eigenvalue weighted by Crippen LogP contribution is -2.35. The van der Waals surface area contributed by atoms with Gasteiger partial charge in [-0.05, 0) is 22.6 Å². The second kappa shape index (κ2) is 9.20. The van der Waals surface area contributed by atoms with Gasteiger partial charge in [0.1, 0.15) is 18.8 Å². The third-order valence-electron chi connectivity index (χ3n) is 3.95. The molecule has 0 spiro atoms. The van der Waals surface area contributed by atoms with Gasteiger partial charge in [0.05, 0.1) is 0 Å². The van der Waals surface area contributed by atoms with E-state index in [0.29, 0.717) is 11.5 Å². The van der Waals surface area contributed by atoms with Gasteiger partial charge in [0.25, 0.3) is 0 Å². The largest absolute Gasteiger partial charge is 0.445 e. The van der Waals surface area contributed by atoms with E-state index >= 15 is 0 Å². The summed E-state index contributed by atoms with van der Waals surface area (Å²) in [6, 6.07) is 16.8. The number of amides is 1. The first kappa shape index (κ1) is 19.0. The van der Waals surface area contributed by atoms with Crippen LogP contribution in [0.25, 0.3) is 0 Å². The Hall–Kier alpha value is -2.37. The number of carbonyl (C=O) groups is 1. The number of aliphatic hydroxyl groups is 2. The number of alkyl carbamates (subject to hydrolysis) is 1. The van der Waals surface area contributed by atoms with Gasteiger partial charge in [0.2, 0.25) is 0 Å². The summed E-state index contributed by atoms with van der Waals surface area (Å²) in [4.78, 5) is 11.7. The zero-order chi connectivity index (χ0) is 18.2. The fourth-order valence-electron chi connectivity index (χ4n) is 2.40. The molecule has 0 fully saturated rings. The molecule has 3 N–H and O–H groups in total. The number of benzene rings is 2. The van der Waals surface area contributed by atoms with Crippen LogP contribution in [0.3, 0.4) is 0 Å². The van der Waals surface area contributed by atoms with Gasteiger partial charge in [-0.3, -0.25) is 0 Å². The number of hydrogen-bond acceptors (Lipinski definition) is 4. The highest BCUT2D eigenvalue weighted by Crippen LogP contribution is 2.22. The van der Waals surface area contributed by atoms with Gasteiger partial charge in [0, 0.05) is 6.54 Å². The molecule has 0 saturated heterocycles. The molecule has 5 nitrogen and oxygen atoms in total. The zero-order valence-corrected chi connectivity index (χ0v) is 14.6. The Bertz CT molecular complexity index is 672. The standard InChI is InChI=1S/C20H25NO4/c1-14(2)16-9-6-10-17(11-16)19(23)18(22)12-21-20(24)25-13-15-7-4-3-5-8-15/h3-11,14,18-19,22-23H,12-13H2,1-2H3,(H,21,24). The molecule has 0 heterocycles. The van der Waals surface area contributed by atoms with Crippen molar-refractivity contribution in [3.8, 4) is 0 Å². The van der Waals surface area contributed by atoms with Crippen LogP contribution in [0, 0.1) is 0 Å². The van der Waals surface area contributed by atoms with Crippen LogP contribution in [0.2, 0.25) is 0 Å². The predicted molar refractivity (Wildman–Crippen MR) is 96.1 cm³/mol. The Labute approximate surface area is 148 Å². The van der Waals surface area contributed by atoms with Crippen LogP contribution in [-0.4, -0.2) is 29.0 Å². The highest BCUT2D eigenvalue weighted by molar-refractivity contribution is 5.67. The van der Waals surface area contributed by atoms with Crippen LogP contribution in [0.4, 0.5) is 4.79 Å². The first-order valence-electron chi connectivity index (χ1n) is 8.38. The molecular formula is C20H25NO4. The topological polar surface area (TPSA) is 78.8 Å². The van der Waals surface area contributed by atoms with Gasteiger partial charge in [-0.15, -0.1) is 0 Å². The average Bonchev–Trinajstić information content (AvgIpc) is 2.64. The Kier molecular flexibility index (Phi) is 6.98. The van der Waals surface area contributed by atoms with Crippen LogP contribution >= 0.6 is 0 Å². The lowest BCUT2D eigenvalue weighted by molar-refractivity contribution is 0.0183. The predicted octanol–water partition coefficient (Wildman–Crippen LogP) is 3.13. The molecule has 2 unspecified atom stereocenters. The molecule has 1 amide bonds. The molecular weight excluding hydrogens is 318 g/mol. The van der Waals surface area contributed by atoms with Gasteiger partial charge in [0.15, 0.2) is 0 Å². The van der Waals surface area contributed by atoms with Crippen molar-refractivity contribution >= 4 is 6.09 Å². The van der Waals surface area contributed by atoms with E-state index in [1.165, 1.54) is 0 Å². The van der Waals surface area contributed by atoms with Crippen LogP contribution in [0.15, 0.2) is 54.6 Å². The molecule has 25 heavy (non-hydrogen) atoms. The Morgan fingerprint density at radius 1 is 1.04 bits per heavy atom. The van der Waals surface area contributed by atoms with Crippen molar-refractivity contribution in [1.82, 2.24) is 5.32 Å². The minimum Gasteiger partial charge on any atom is -0.445 e. The van der Waals surface area contributed by atoms with E-state index < -0.39 is 18.3 Å². The molecule has 0 bridgehead atoms. The zero-order valence-electron chi connectivity index (χ0n) is 14.6. The molecule has 2 aromatic rings. The Morgan fingerprint density at radius 3 is 2.40 bits per heavy atom. The third-order valence-corrected chi connectivity index (χ3v) is 3.95.